The van der Waals surface area contributed by atoms with Gasteiger partial charge in [-0.15, -0.1) is 0 Å². The SMILES string of the molecule is Cc1cc(Br)ccc1NC(=O)CCC(=O)N1CCOc2ccccc21. The van der Waals surface area contributed by atoms with E-state index in [-0.39, 0.29) is 24.7 Å². The van der Waals surface area contributed by atoms with Crippen LogP contribution in [-0.2, 0) is 9.59 Å². The highest BCUT2D eigenvalue weighted by Gasteiger charge is 2.23. The number of rotatable bonds is 4. The van der Waals surface area contributed by atoms with Crippen LogP contribution < -0.4 is 15.0 Å². The minimum absolute atomic E-state index is 0.0709. The van der Waals surface area contributed by atoms with Crippen molar-refractivity contribution in [2.45, 2.75) is 19.8 Å². The molecule has 6 heteroatoms. The van der Waals surface area contributed by atoms with E-state index in [9.17, 15) is 9.59 Å². The van der Waals surface area contributed by atoms with Gasteiger partial charge in [0.1, 0.15) is 12.4 Å². The van der Waals surface area contributed by atoms with Crippen LogP contribution in [0.1, 0.15) is 18.4 Å². The molecule has 0 fully saturated rings. The predicted molar refractivity (Wildman–Crippen MR) is 101 cm³/mol. The number of hydrogen-bond donors (Lipinski definition) is 1. The van der Waals surface area contributed by atoms with Crippen molar-refractivity contribution in [2.75, 3.05) is 23.4 Å². The van der Waals surface area contributed by atoms with Gasteiger partial charge in [-0.1, -0.05) is 28.1 Å². The highest BCUT2D eigenvalue weighted by molar-refractivity contribution is 9.10. The summed E-state index contributed by atoms with van der Waals surface area (Å²) in [5, 5.41) is 2.86. The van der Waals surface area contributed by atoms with Gasteiger partial charge in [0.2, 0.25) is 11.8 Å². The van der Waals surface area contributed by atoms with Gasteiger partial charge in [0.15, 0.2) is 0 Å². The maximum Gasteiger partial charge on any atom is 0.227 e. The van der Waals surface area contributed by atoms with Gasteiger partial charge < -0.3 is 15.0 Å². The Morgan fingerprint density at radius 3 is 2.80 bits per heavy atom. The van der Waals surface area contributed by atoms with E-state index in [1.807, 2.05) is 49.4 Å². The Morgan fingerprint density at radius 1 is 1.20 bits per heavy atom. The molecule has 1 aliphatic heterocycles. The second-order valence-corrected chi connectivity index (χ2v) is 6.78. The van der Waals surface area contributed by atoms with Gasteiger partial charge in [-0.05, 0) is 42.8 Å². The van der Waals surface area contributed by atoms with Crippen LogP contribution in [0, 0.1) is 6.92 Å². The number of nitrogens with one attached hydrogen (secondary N) is 1. The molecule has 1 heterocycles. The highest BCUT2D eigenvalue weighted by atomic mass is 79.9. The number of halogens is 1. The number of carbonyl (C=O) groups is 2. The summed E-state index contributed by atoms with van der Waals surface area (Å²) in [5.74, 6) is 0.468. The van der Waals surface area contributed by atoms with Gasteiger partial charge in [-0.2, -0.15) is 0 Å². The first-order valence-corrected chi connectivity index (χ1v) is 8.92. The fourth-order valence-electron chi connectivity index (χ4n) is 2.76. The predicted octanol–water partition coefficient (Wildman–Crippen LogP) is 3.90. The summed E-state index contributed by atoms with van der Waals surface area (Å²) in [5.41, 5.74) is 2.50. The first-order valence-electron chi connectivity index (χ1n) is 8.13. The molecule has 0 aromatic heterocycles. The summed E-state index contributed by atoms with van der Waals surface area (Å²) in [6, 6.07) is 13.1. The Bertz CT molecular complexity index is 807. The summed E-state index contributed by atoms with van der Waals surface area (Å²) in [7, 11) is 0. The normalized spacial score (nSPS) is 13.0. The first kappa shape index (κ1) is 17.5. The molecule has 0 bridgehead atoms. The summed E-state index contributed by atoms with van der Waals surface area (Å²) in [6.07, 6.45) is 0.309. The van der Waals surface area contributed by atoms with Crippen LogP contribution in [-0.4, -0.2) is 25.0 Å². The monoisotopic (exact) mass is 402 g/mol. The molecule has 3 rings (SSSR count). The van der Waals surface area contributed by atoms with Crippen molar-refractivity contribution in [3.05, 3.63) is 52.5 Å². The Hall–Kier alpha value is -2.34. The topological polar surface area (TPSA) is 58.6 Å². The lowest BCUT2D eigenvalue weighted by atomic mass is 10.1. The average molecular weight is 403 g/mol. The quantitative estimate of drug-likeness (QED) is 0.843. The van der Waals surface area contributed by atoms with Crippen LogP contribution in [0.3, 0.4) is 0 Å². The maximum absolute atomic E-state index is 12.5. The molecule has 1 N–H and O–H groups in total. The van der Waals surface area contributed by atoms with E-state index >= 15 is 0 Å². The third-order valence-corrected chi connectivity index (χ3v) is 4.55. The molecular weight excluding hydrogens is 384 g/mol. The van der Waals surface area contributed by atoms with E-state index in [0.29, 0.717) is 18.9 Å². The van der Waals surface area contributed by atoms with Crippen molar-refractivity contribution in [3.63, 3.8) is 0 Å². The smallest absolute Gasteiger partial charge is 0.227 e. The van der Waals surface area contributed by atoms with Crippen molar-refractivity contribution in [3.8, 4) is 5.75 Å². The molecular formula is C19H19BrN2O3. The number of aryl methyl sites for hydroxylation is 1. The minimum atomic E-state index is -0.166. The lowest BCUT2D eigenvalue weighted by Crippen LogP contribution is -2.38. The van der Waals surface area contributed by atoms with Gasteiger partial charge in [0, 0.05) is 23.0 Å². The molecule has 0 saturated heterocycles. The first-order chi connectivity index (χ1) is 12.0. The van der Waals surface area contributed by atoms with Crippen LogP contribution in [0.2, 0.25) is 0 Å². The fraction of sp³-hybridized carbons (Fsp3) is 0.263. The van der Waals surface area contributed by atoms with Crippen molar-refractivity contribution < 1.29 is 14.3 Å². The molecule has 0 unspecified atom stereocenters. The third-order valence-electron chi connectivity index (χ3n) is 4.06. The molecule has 2 aromatic carbocycles. The summed E-state index contributed by atoms with van der Waals surface area (Å²) in [4.78, 5) is 26.4. The van der Waals surface area contributed by atoms with Crippen LogP contribution in [0.25, 0.3) is 0 Å². The van der Waals surface area contributed by atoms with E-state index in [1.165, 1.54) is 0 Å². The Balaban J connectivity index is 1.58. The van der Waals surface area contributed by atoms with Crippen LogP contribution >= 0.6 is 15.9 Å². The molecule has 0 atom stereocenters. The number of anilines is 2. The average Bonchev–Trinajstić information content (AvgIpc) is 2.61. The molecule has 2 aromatic rings. The number of ether oxygens (including phenoxy) is 1. The van der Waals surface area contributed by atoms with Gasteiger partial charge in [-0.3, -0.25) is 9.59 Å². The molecule has 0 saturated carbocycles. The Kier molecular flexibility index (Phi) is 5.38. The van der Waals surface area contributed by atoms with Crippen molar-refractivity contribution in [1.82, 2.24) is 0 Å². The molecule has 1 aliphatic rings. The summed E-state index contributed by atoms with van der Waals surface area (Å²) < 4.78 is 6.52. The largest absolute Gasteiger partial charge is 0.490 e. The van der Waals surface area contributed by atoms with Crippen LogP contribution in [0.5, 0.6) is 5.75 Å². The number of fused-ring (bicyclic) bond motifs is 1. The lowest BCUT2D eigenvalue weighted by Gasteiger charge is -2.29. The number of amides is 2. The minimum Gasteiger partial charge on any atom is -0.490 e. The summed E-state index contributed by atoms with van der Waals surface area (Å²) >= 11 is 3.40. The van der Waals surface area contributed by atoms with E-state index in [4.69, 9.17) is 4.74 Å². The van der Waals surface area contributed by atoms with Gasteiger partial charge in [0.05, 0.1) is 12.2 Å². The number of carbonyl (C=O) groups excluding carboxylic acids is 2. The van der Waals surface area contributed by atoms with Crippen LogP contribution in [0.15, 0.2) is 46.9 Å². The number of hydrogen-bond acceptors (Lipinski definition) is 3. The van der Waals surface area contributed by atoms with Crippen molar-refractivity contribution in [2.24, 2.45) is 0 Å². The molecule has 0 radical (unpaired) electrons. The zero-order valence-corrected chi connectivity index (χ0v) is 15.5. The van der Waals surface area contributed by atoms with Crippen molar-refractivity contribution in [1.29, 1.82) is 0 Å². The lowest BCUT2D eigenvalue weighted by molar-refractivity contribution is -0.122. The highest BCUT2D eigenvalue weighted by Crippen LogP contribution is 2.31. The van der Waals surface area contributed by atoms with Crippen molar-refractivity contribution >= 4 is 39.1 Å². The third kappa shape index (κ3) is 4.20. The molecule has 25 heavy (non-hydrogen) atoms. The van der Waals surface area contributed by atoms with E-state index in [2.05, 4.69) is 21.2 Å². The number of para-hydroxylation sites is 2. The van der Waals surface area contributed by atoms with Gasteiger partial charge in [0.25, 0.3) is 0 Å². The molecule has 130 valence electrons. The fourth-order valence-corrected chi connectivity index (χ4v) is 3.24. The Morgan fingerprint density at radius 2 is 2.00 bits per heavy atom. The van der Waals surface area contributed by atoms with E-state index in [0.717, 1.165) is 21.4 Å². The van der Waals surface area contributed by atoms with Gasteiger partial charge >= 0.3 is 0 Å². The molecule has 0 spiro atoms. The zero-order chi connectivity index (χ0) is 17.8. The second-order valence-electron chi connectivity index (χ2n) is 5.87. The summed E-state index contributed by atoms with van der Waals surface area (Å²) in [6.45, 7) is 2.90. The molecule has 2 amide bonds. The van der Waals surface area contributed by atoms with Gasteiger partial charge in [-0.25, -0.2) is 0 Å². The second kappa shape index (κ2) is 7.70. The Labute approximate surface area is 155 Å². The maximum atomic E-state index is 12.5. The number of nitrogens with zero attached hydrogens (tertiary/aromatic N) is 1. The molecule has 5 nitrogen and oxygen atoms in total. The van der Waals surface area contributed by atoms with Crippen LogP contribution in [0.4, 0.5) is 11.4 Å². The number of benzene rings is 2. The van der Waals surface area contributed by atoms with E-state index < -0.39 is 0 Å². The zero-order valence-electron chi connectivity index (χ0n) is 13.9. The molecule has 0 aliphatic carbocycles. The standard InChI is InChI=1S/C19H19BrN2O3/c1-13-12-14(20)6-7-15(13)21-18(23)8-9-19(24)22-10-11-25-17-5-3-2-4-16(17)22/h2-7,12H,8-11H2,1H3,(H,21,23). The van der Waals surface area contributed by atoms with E-state index in [1.54, 1.807) is 4.90 Å².